The third kappa shape index (κ3) is 4.49. The smallest absolute Gasteiger partial charge is 0.409 e. The number of halogens is 1. The van der Waals surface area contributed by atoms with E-state index in [4.69, 9.17) is 4.74 Å². The maximum absolute atomic E-state index is 12.8. The van der Waals surface area contributed by atoms with Crippen LogP contribution in [0.4, 0.5) is 4.79 Å². The van der Waals surface area contributed by atoms with E-state index in [1.807, 2.05) is 13.8 Å². The number of benzene rings is 1. The van der Waals surface area contributed by atoms with Crippen LogP contribution in [0.25, 0.3) is 0 Å². The van der Waals surface area contributed by atoms with Crippen LogP contribution in [-0.4, -0.2) is 56.5 Å². The fourth-order valence-corrected chi connectivity index (χ4v) is 4.59. The number of sulfonamides is 1. The molecule has 1 amide bonds. The van der Waals surface area contributed by atoms with E-state index >= 15 is 0 Å². The highest BCUT2D eigenvalue weighted by atomic mass is 79.9. The van der Waals surface area contributed by atoms with Gasteiger partial charge >= 0.3 is 6.09 Å². The molecule has 2 rings (SSSR count). The molecule has 0 bridgehead atoms. The molecule has 1 aliphatic rings. The summed E-state index contributed by atoms with van der Waals surface area (Å²) in [6.45, 7) is 7.31. The van der Waals surface area contributed by atoms with Crippen molar-refractivity contribution < 1.29 is 17.9 Å². The SMILES string of the molecule is Cc1cc(Br)ccc1S(=O)(=O)N1CCN(C(=O)OCC(C)C)CC1. The summed E-state index contributed by atoms with van der Waals surface area (Å²) >= 11 is 3.34. The highest BCUT2D eigenvalue weighted by Gasteiger charge is 2.31. The summed E-state index contributed by atoms with van der Waals surface area (Å²) < 4.78 is 33.0. The zero-order chi connectivity index (χ0) is 17.9. The van der Waals surface area contributed by atoms with Crippen molar-refractivity contribution in [1.29, 1.82) is 0 Å². The molecule has 0 saturated carbocycles. The first kappa shape index (κ1) is 19.2. The van der Waals surface area contributed by atoms with Gasteiger partial charge in [0, 0.05) is 30.7 Å². The fourth-order valence-electron chi connectivity index (χ4n) is 2.48. The largest absolute Gasteiger partial charge is 0.449 e. The lowest BCUT2D eigenvalue weighted by atomic mass is 10.2. The zero-order valence-electron chi connectivity index (χ0n) is 14.2. The van der Waals surface area contributed by atoms with Crippen LogP contribution in [0.3, 0.4) is 0 Å². The van der Waals surface area contributed by atoms with E-state index in [0.29, 0.717) is 30.2 Å². The lowest BCUT2D eigenvalue weighted by molar-refractivity contribution is 0.0804. The molecule has 1 aromatic carbocycles. The molecular formula is C16H23BrN2O4S. The van der Waals surface area contributed by atoms with Gasteiger partial charge in [-0.2, -0.15) is 4.31 Å². The number of nitrogens with zero attached hydrogens (tertiary/aromatic N) is 2. The average Bonchev–Trinajstić information content (AvgIpc) is 2.52. The summed E-state index contributed by atoms with van der Waals surface area (Å²) in [7, 11) is -3.55. The zero-order valence-corrected chi connectivity index (χ0v) is 16.6. The maximum atomic E-state index is 12.8. The monoisotopic (exact) mass is 418 g/mol. The number of rotatable bonds is 4. The molecule has 1 aromatic rings. The lowest BCUT2D eigenvalue weighted by Gasteiger charge is -2.33. The molecule has 1 fully saturated rings. The van der Waals surface area contributed by atoms with E-state index in [2.05, 4.69) is 15.9 Å². The normalized spacial score (nSPS) is 16.5. The number of amides is 1. The second kappa shape index (κ2) is 7.84. The second-order valence-corrected chi connectivity index (χ2v) is 9.09. The molecule has 1 heterocycles. The molecule has 134 valence electrons. The van der Waals surface area contributed by atoms with Gasteiger partial charge in [-0.15, -0.1) is 0 Å². The van der Waals surface area contributed by atoms with Crippen molar-refractivity contribution in [3.63, 3.8) is 0 Å². The van der Waals surface area contributed by atoms with Gasteiger partial charge in [0.2, 0.25) is 10.0 Å². The fraction of sp³-hybridized carbons (Fsp3) is 0.562. The van der Waals surface area contributed by atoms with Crippen molar-refractivity contribution in [3.05, 3.63) is 28.2 Å². The van der Waals surface area contributed by atoms with Gasteiger partial charge in [-0.3, -0.25) is 0 Å². The van der Waals surface area contributed by atoms with Crippen molar-refractivity contribution in [3.8, 4) is 0 Å². The van der Waals surface area contributed by atoms with Crippen molar-refractivity contribution >= 4 is 32.0 Å². The number of aryl methyl sites for hydroxylation is 1. The van der Waals surface area contributed by atoms with E-state index in [1.54, 1.807) is 30.0 Å². The first-order valence-corrected chi connectivity index (χ1v) is 10.1. The molecular weight excluding hydrogens is 396 g/mol. The molecule has 24 heavy (non-hydrogen) atoms. The minimum absolute atomic E-state index is 0.272. The lowest BCUT2D eigenvalue weighted by Crippen LogP contribution is -2.50. The quantitative estimate of drug-likeness (QED) is 0.753. The van der Waals surface area contributed by atoms with Gasteiger partial charge in [-0.05, 0) is 36.6 Å². The standard InChI is InChI=1S/C16H23BrN2O4S/c1-12(2)11-23-16(20)18-6-8-19(9-7-18)24(21,22)15-5-4-14(17)10-13(15)3/h4-5,10,12H,6-9,11H2,1-3H3. The van der Waals surface area contributed by atoms with Gasteiger partial charge in [-0.25, -0.2) is 13.2 Å². The Labute approximate surface area is 151 Å². The Bertz CT molecular complexity index is 698. The topological polar surface area (TPSA) is 66.9 Å². The highest BCUT2D eigenvalue weighted by Crippen LogP contribution is 2.24. The van der Waals surface area contributed by atoms with Crippen molar-refractivity contribution in [2.75, 3.05) is 32.8 Å². The first-order valence-electron chi connectivity index (χ1n) is 7.90. The molecule has 0 spiro atoms. The second-order valence-electron chi connectivity index (χ2n) is 6.27. The van der Waals surface area contributed by atoms with E-state index in [-0.39, 0.29) is 25.1 Å². The molecule has 0 atom stereocenters. The van der Waals surface area contributed by atoms with Gasteiger partial charge in [0.1, 0.15) is 0 Å². The Morgan fingerprint density at radius 2 is 1.88 bits per heavy atom. The molecule has 0 unspecified atom stereocenters. The van der Waals surface area contributed by atoms with Crippen LogP contribution in [0.5, 0.6) is 0 Å². The molecule has 6 nitrogen and oxygen atoms in total. The number of hydrogen-bond acceptors (Lipinski definition) is 4. The first-order chi connectivity index (χ1) is 11.2. The number of carbonyl (C=O) groups is 1. The molecule has 0 radical (unpaired) electrons. The molecule has 0 N–H and O–H groups in total. The molecule has 1 saturated heterocycles. The molecule has 0 aliphatic carbocycles. The molecule has 1 aliphatic heterocycles. The molecule has 0 aromatic heterocycles. The van der Waals surface area contributed by atoms with Crippen LogP contribution in [0, 0.1) is 12.8 Å². The Morgan fingerprint density at radius 3 is 2.42 bits per heavy atom. The highest BCUT2D eigenvalue weighted by molar-refractivity contribution is 9.10. The van der Waals surface area contributed by atoms with Crippen LogP contribution >= 0.6 is 15.9 Å². The van der Waals surface area contributed by atoms with Crippen LogP contribution in [0.15, 0.2) is 27.6 Å². The van der Waals surface area contributed by atoms with Gasteiger partial charge in [-0.1, -0.05) is 29.8 Å². The minimum Gasteiger partial charge on any atom is -0.449 e. The van der Waals surface area contributed by atoms with Gasteiger partial charge in [0.05, 0.1) is 11.5 Å². The third-order valence-corrected chi connectivity index (χ3v) is 6.34. The van der Waals surface area contributed by atoms with Gasteiger partial charge in [0.25, 0.3) is 0 Å². The third-order valence-electron chi connectivity index (χ3n) is 3.79. The summed E-state index contributed by atoms with van der Waals surface area (Å²) in [5.74, 6) is 0.274. The number of ether oxygens (including phenoxy) is 1. The van der Waals surface area contributed by atoms with Crippen molar-refractivity contribution in [2.45, 2.75) is 25.7 Å². The van der Waals surface area contributed by atoms with Crippen molar-refractivity contribution in [1.82, 2.24) is 9.21 Å². The summed E-state index contributed by atoms with van der Waals surface area (Å²) in [6.07, 6.45) is -0.374. The molecule has 8 heteroatoms. The van der Waals surface area contributed by atoms with E-state index in [1.165, 1.54) is 4.31 Å². The summed E-state index contributed by atoms with van der Waals surface area (Å²) in [6, 6.07) is 5.11. The Hall–Kier alpha value is -1.12. The number of carbonyl (C=O) groups excluding carboxylic acids is 1. The van der Waals surface area contributed by atoms with E-state index in [9.17, 15) is 13.2 Å². The van der Waals surface area contributed by atoms with Crippen LogP contribution in [0.1, 0.15) is 19.4 Å². The van der Waals surface area contributed by atoms with E-state index in [0.717, 1.165) is 4.47 Å². The maximum Gasteiger partial charge on any atom is 0.409 e. The summed E-state index contributed by atoms with van der Waals surface area (Å²) in [4.78, 5) is 13.8. The van der Waals surface area contributed by atoms with Gasteiger partial charge < -0.3 is 9.64 Å². The van der Waals surface area contributed by atoms with Crippen LogP contribution in [-0.2, 0) is 14.8 Å². The summed E-state index contributed by atoms with van der Waals surface area (Å²) in [5, 5.41) is 0. The predicted octanol–water partition coefficient (Wildman–Crippen LogP) is 2.86. The van der Waals surface area contributed by atoms with Crippen LogP contribution < -0.4 is 0 Å². The van der Waals surface area contributed by atoms with Crippen molar-refractivity contribution in [2.24, 2.45) is 5.92 Å². The average molecular weight is 419 g/mol. The Kier molecular flexibility index (Phi) is 6.28. The number of hydrogen-bond donors (Lipinski definition) is 0. The Morgan fingerprint density at radius 1 is 1.25 bits per heavy atom. The Balaban J connectivity index is 2.02. The number of piperazine rings is 1. The van der Waals surface area contributed by atoms with Gasteiger partial charge in [0.15, 0.2) is 0 Å². The predicted molar refractivity (Wildman–Crippen MR) is 95.4 cm³/mol. The summed E-state index contributed by atoms with van der Waals surface area (Å²) in [5.41, 5.74) is 0.697. The minimum atomic E-state index is -3.55. The van der Waals surface area contributed by atoms with E-state index < -0.39 is 10.0 Å². The van der Waals surface area contributed by atoms with Crippen LogP contribution in [0.2, 0.25) is 0 Å².